The third-order valence-electron chi connectivity index (χ3n) is 3.02. The van der Waals surface area contributed by atoms with Gasteiger partial charge in [0.05, 0.1) is 12.8 Å². The van der Waals surface area contributed by atoms with Gasteiger partial charge in [0.15, 0.2) is 0 Å². The van der Waals surface area contributed by atoms with E-state index in [4.69, 9.17) is 4.74 Å². The molecule has 0 saturated heterocycles. The average Bonchev–Trinajstić information content (AvgIpc) is 2.46. The Morgan fingerprint density at radius 3 is 2.28 bits per heavy atom. The van der Waals surface area contributed by atoms with Gasteiger partial charge in [0, 0.05) is 6.54 Å². The molecule has 0 heterocycles. The molecule has 0 atom stereocenters. The molecule has 2 aromatic rings. The minimum Gasteiger partial charge on any atom is -0.495 e. The molecule has 2 nitrogen and oxygen atoms in total. The van der Waals surface area contributed by atoms with Crippen molar-refractivity contribution in [2.75, 3.05) is 12.4 Å². The summed E-state index contributed by atoms with van der Waals surface area (Å²) in [5, 5.41) is 3.39. The van der Waals surface area contributed by atoms with Crippen LogP contribution in [0, 0.1) is 0 Å². The van der Waals surface area contributed by atoms with Crippen LogP contribution in [0.15, 0.2) is 48.5 Å². The van der Waals surface area contributed by atoms with Crippen molar-refractivity contribution in [2.45, 2.75) is 19.9 Å². The molecule has 0 radical (unpaired) electrons. The number of aryl methyl sites for hydroxylation is 1. The van der Waals surface area contributed by atoms with Gasteiger partial charge in [-0.25, -0.2) is 0 Å². The lowest BCUT2D eigenvalue weighted by molar-refractivity contribution is 0.416. The molecule has 0 unspecified atom stereocenters. The summed E-state index contributed by atoms with van der Waals surface area (Å²) in [4.78, 5) is 0. The molecule has 0 fully saturated rings. The van der Waals surface area contributed by atoms with Crippen molar-refractivity contribution in [3.63, 3.8) is 0 Å². The predicted octanol–water partition coefficient (Wildman–Crippen LogP) is 3.87. The van der Waals surface area contributed by atoms with Gasteiger partial charge in [-0.15, -0.1) is 0 Å². The summed E-state index contributed by atoms with van der Waals surface area (Å²) in [5.74, 6) is 0.877. The number of para-hydroxylation sites is 2. The zero-order valence-corrected chi connectivity index (χ0v) is 10.9. The number of methoxy groups -OCH3 is 1. The number of nitrogens with one attached hydrogen (secondary N) is 1. The first kappa shape index (κ1) is 12.5. The molecule has 0 spiro atoms. The highest BCUT2D eigenvalue weighted by atomic mass is 16.5. The lowest BCUT2D eigenvalue weighted by atomic mass is 10.1. The van der Waals surface area contributed by atoms with Crippen LogP contribution in [0.4, 0.5) is 5.69 Å². The number of hydrogen-bond acceptors (Lipinski definition) is 2. The van der Waals surface area contributed by atoms with Crippen molar-refractivity contribution in [2.24, 2.45) is 0 Å². The molecule has 0 aliphatic carbocycles. The van der Waals surface area contributed by atoms with Gasteiger partial charge in [-0.2, -0.15) is 0 Å². The number of rotatable bonds is 5. The first-order valence-electron chi connectivity index (χ1n) is 6.28. The molecule has 2 rings (SSSR count). The zero-order chi connectivity index (χ0) is 12.8. The van der Waals surface area contributed by atoms with Crippen LogP contribution in [0.5, 0.6) is 5.75 Å². The summed E-state index contributed by atoms with van der Waals surface area (Å²) in [5.41, 5.74) is 3.67. The van der Waals surface area contributed by atoms with Crippen LogP contribution in [0.25, 0.3) is 0 Å². The van der Waals surface area contributed by atoms with Crippen LogP contribution in [0.3, 0.4) is 0 Å². The molecular formula is C16H19NO. The summed E-state index contributed by atoms with van der Waals surface area (Å²) in [6, 6.07) is 16.7. The molecule has 0 aromatic heterocycles. The quantitative estimate of drug-likeness (QED) is 0.858. The Morgan fingerprint density at radius 1 is 0.944 bits per heavy atom. The van der Waals surface area contributed by atoms with Crippen LogP contribution in [0.1, 0.15) is 18.1 Å². The van der Waals surface area contributed by atoms with E-state index in [0.29, 0.717) is 0 Å². The summed E-state index contributed by atoms with van der Waals surface area (Å²) in [7, 11) is 1.69. The van der Waals surface area contributed by atoms with Gasteiger partial charge in [0.2, 0.25) is 0 Å². The first-order chi connectivity index (χ1) is 8.83. The van der Waals surface area contributed by atoms with Gasteiger partial charge >= 0.3 is 0 Å². The number of benzene rings is 2. The Hall–Kier alpha value is -1.96. The topological polar surface area (TPSA) is 21.3 Å². The summed E-state index contributed by atoms with van der Waals surface area (Å²) in [6.45, 7) is 2.98. The predicted molar refractivity (Wildman–Crippen MR) is 76.1 cm³/mol. The van der Waals surface area contributed by atoms with Crippen molar-refractivity contribution in [1.82, 2.24) is 0 Å². The van der Waals surface area contributed by atoms with E-state index in [1.165, 1.54) is 11.1 Å². The first-order valence-corrected chi connectivity index (χ1v) is 6.28. The van der Waals surface area contributed by atoms with Crippen LogP contribution >= 0.6 is 0 Å². The van der Waals surface area contributed by atoms with Crippen molar-refractivity contribution in [3.05, 3.63) is 59.7 Å². The van der Waals surface area contributed by atoms with Crippen molar-refractivity contribution in [1.29, 1.82) is 0 Å². The lowest BCUT2D eigenvalue weighted by Gasteiger charge is -2.11. The Labute approximate surface area is 109 Å². The molecule has 2 aromatic carbocycles. The summed E-state index contributed by atoms with van der Waals surface area (Å²) >= 11 is 0. The third kappa shape index (κ3) is 3.04. The smallest absolute Gasteiger partial charge is 0.141 e. The van der Waals surface area contributed by atoms with Gasteiger partial charge in [0.25, 0.3) is 0 Å². The zero-order valence-electron chi connectivity index (χ0n) is 10.9. The third-order valence-corrected chi connectivity index (χ3v) is 3.02. The molecule has 0 saturated carbocycles. The molecule has 0 amide bonds. The molecule has 18 heavy (non-hydrogen) atoms. The second kappa shape index (κ2) is 6.10. The van der Waals surface area contributed by atoms with Crippen molar-refractivity contribution < 1.29 is 4.74 Å². The van der Waals surface area contributed by atoms with E-state index in [-0.39, 0.29) is 0 Å². The van der Waals surface area contributed by atoms with E-state index in [9.17, 15) is 0 Å². The highest BCUT2D eigenvalue weighted by Gasteiger charge is 2.00. The fraction of sp³-hybridized carbons (Fsp3) is 0.250. The van der Waals surface area contributed by atoms with E-state index in [1.54, 1.807) is 7.11 Å². The van der Waals surface area contributed by atoms with Crippen LogP contribution in [0.2, 0.25) is 0 Å². The number of anilines is 1. The number of ether oxygens (including phenoxy) is 1. The van der Waals surface area contributed by atoms with E-state index in [2.05, 4.69) is 36.5 Å². The Balaban J connectivity index is 2.02. The summed E-state index contributed by atoms with van der Waals surface area (Å²) in [6.07, 6.45) is 1.08. The van der Waals surface area contributed by atoms with E-state index in [1.807, 2.05) is 24.3 Å². The standard InChI is InChI=1S/C16H19NO/c1-3-13-8-10-14(11-9-13)12-17-15-6-4-5-7-16(15)18-2/h4-11,17H,3,12H2,1-2H3. The average molecular weight is 241 g/mol. The molecule has 0 aliphatic rings. The molecular weight excluding hydrogens is 222 g/mol. The van der Waals surface area contributed by atoms with Gasteiger partial charge in [0.1, 0.15) is 5.75 Å². The molecule has 1 N–H and O–H groups in total. The van der Waals surface area contributed by atoms with Gasteiger partial charge < -0.3 is 10.1 Å². The van der Waals surface area contributed by atoms with Crippen LogP contribution < -0.4 is 10.1 Å². The highest BCUT2D eigenvalue weighted by Crippen LogP contribution is 2.23. The normalized spacial score (nSPS) is 10.1. The van der Waals surface area contributed by atoms with Gasteiger partial charge in [-0.05, 0) is 29.7 Å². The molecule has 2 heteroatoms. The Bertz CT molecular complexity index is 491. The lowest BCUT2D eigenvalue weighted by Crippen LogP contribution is -2.01. The van der Waals surface area contributed by atoms with E-state index < -0.39 is 0 Å². The Kier molecular flexibility index (Phi) is 4.24. The van der Waals surface area contributed by atoms with Crippen molar-refractivity contribution >= 4 is 5.69 Å². The minimum atomic E-state index is 0.810. The van der Waals surface area contributed by atoms with E-state index in [0.717, 1.165) is 24.4 Å². The van der Waals surface area contributed by atoms with Crippen molar-refractivity contribution in [3.8, 4) is 5.75 Å². The fourth-order valence-corrected chi connectivity index (χ4v) is 1.88. The minimum absolute atomic E-state index is 0.810. The molecule has 0 aliphatic heterocycles. The van der Waals surface area contributed by atoms with E-state index >= 15 is 0 Å². The maximum atomic E-state index is 5.31. The summed E-state index contributed by atoms with van der Waals surface area (Å²) < 4.78 is 5.31. The van der Waals surface area contributed by atoms with Gasteiger partial charge in [-0.1, -0.05) is 43.3 Å². The Morgan fingerprint density at radius 2 is 1.61 bits per heavy atom. The van der Waals surface area contributed by atoms with Crippen LogP contribution in [-0.4, -0.2) is 7.11 Å². The molecule has 0 bridgehead atoms. The maximum absolute atomic E-state index is 5.31. The largest absolute Gasteiger partial charge is 0.495 e. The van der Waals surface area contributed by atoms with Gasteiger partial charge in [-0.3, -0.25) is 0 Å². The monoisotopic (exact) mass is 241 g/mol. The maximum Gasteiger partial charge on any atom is 0.141 e. The molecule has 94 valence electrons. The second-order valence-corrected chi connectivity index (χ2v) is 4.22. The SMILES string of the molecule is CCc1ccc(CNc2ccccc2OC)cc1. The second-order valence-electron chi connectivity index (χ2n) is 4.22. The highest BCUT2D eigenvalue weighted by molar-refractivity contribution is 5.56. The van der Waals surface area contributed by atoms with Crippen LogP contribution in [-0.2, 0) is 13.0 Å². The fourth-order valence-electron chi connectivity index (χ4n) is 1.88. The number of hydrogen-bond donors (Lipinski definition) is 1.